The summed E-state index contributed by atoms with van der Waals surface area (Å²) in [6.45, 7) is 3.81. The highest BCUT2D eigenvalue weighted by molar-refractivity contribution is 6.14. The molecule has 0 bridgehead atoms. The van der Waals surface area contributed by atoms with Crippen LogP contribution in [0.3, 0.4) is 0 Å². The third kappa shape index (κ3) is 6.33. The van der Waals surface area contributed by atoms with Gasteiger partial charge in [0.15, 0.2) is 0 Å². The minimum atomic E-state index is -0.793. The van der Waals surface area contributed by atoms with Crippen LogP contribution in [0, 0.1) is 10.1 Å². The topological polar surface area (TPSA) is 139 Å². The summed E-state index contributed by atoms with van der Waals surface area (Å²) in [4.78, 5) is 59.0. The molecule has 2 rings (SSSR count). The molecule has 0 aromatic heterocycles. The molecular weight excluding hydrogens is 396 g/mol. The highest BCUT2D eigenvalue weighted by atomic mass is 16.6. The van der Waals surface area contributed by atoms with Gasteiger partial charge < -0.3 is 4.74 Å². The smallest absolute Gasteiger partial charge is 0.328 e. The van der Waals surface area contributed by atoms with Crippen molar-refractivity contribution in [2.45, 2.75) is 26.4 Å². The highest BCUT2D eigenvalue weighted by Crippen LogP contribution is 2.12. The quantitative estimate of drug-likeness (QED) is 0.212. The minimum Gasteiger partial charge on any atom is -0.459 e. The largest absolute Gasteiger partial charge is 0.459 e. The van der Waals surface area contributed by atoms with Crippen molar-refractivity contribution in [3.05, 3.63) is 52.1 Å². The van der Waals surface area contributed by atoms with E-state index < -0.39 is 47.3 Å². The van der Waals surface area contributed by atoms with Crippen LogP contribution in [0.1, 0.15) is 26.3 Å². The lowest BCUT2D eigenvalue weighted by molar-refractivity contribution is -0.384. The zero-order valence-electron chi connectivity index (χ0n) is 16.6. The Balaban J connectivity index is 2.18. The number of nitro groups is 1. The molecule has 0 unspecified atom stereocenters. The maximum Gasteiger partial charge on any atom is 0.328 e. The number of imide groups is 1. The molecule has 1 aliphatic heterocycles. The molecule has 0 saturated carbocycles. The Morgan fingerprint density at radius 2 is 1.73 bits per heavy atom. The summed E-state index contributed by atoms with van der Waals surface area (Å²) >= 11 is 0. The van der Waals surface area contributed by atoms with Crippen molar-refractivity contribution in [1.82, 2.24) is 9.91 Å². The van der Waals surface area contributed by atoms with E-state index in [1.54, 1.807) is 20.8 Å². The molecule has 0 spiro atoms. The number of hydrogen-bond donors (Lipinski definition) is 0. The predicted octanol–water partition coefficient (Wildman–Crippen LogP) is 1.02. The van der Waals surface area contributed by atoms with Crippen LogP contribution in [0.25, 0.3) is 0 Å². The Kier molecular flexibility index (Phi) is 6.77. The van der Waals surface area contributed by atoms with E-state index in [1.165, 1.54) is 30.5 Å². The van der Waals surface area contributed by atoms with Gasteiger partial charge in [-0.05, 0) is 38.5 Å². The number of carbonyl (C=O) groups excluding carboxylic acids is 4. The van der Waals surface area contributed by atoms with E-state index in [9.17, 15) is 29.3 Å². The Hall–Kier alpha value is -3.89. The van der Waals surface area contributed by atoms with Gasteiger partial charge in [0.2, 0.25) is 0 Å². The molecule has 1 aliphatic rings. The van der Waals surface area contributed by atoms with E-state index in [1.807, 2.05) is 0 Å². The van der Waals surface area contributed by atoms with Gasteiger partial charge in [-0.25, -0.2) is 5.01 Å². The van der Waals surface area contributed by atoms with Crippen LogP contribution in [0.15, 0.2) is 41.5 Å². The molecule has 3 amide bonds. The summed E-state index contributed by atoms with van der Waals surface area (Å²) in [5.41, 5.74) is -0.483. The van der Waals surface area contributed by atoms with Gasteiger partial charge in [-0.15, -0.1) is 0 Å². The Morgan fingerprint density at radius 1 is 1.17 bits per heavy atom. The number of carbonyl (C=O) groups is 4. The van der Waals surface area contributed by atoms with E-state index in [4.69, 9.17) is 4.74 Å². The third-order valence-electron chi connectivity index (χ3n) is 3.63. The zero-order chi connectivity index (χ0) is 22.5. The van der Waals surface area contributed by atoms with Crippen molar-refractivity contribution in [3.63, 3.8) is 0 Å². The number of non-ortho nitro benzene ring substituents is 1. The molecule has 1 heterocycles. The highest BCUT2D eigenvalue weighted by Gasteiger charge is 2.29. The molecule has 0 aliphatic carbocycles. The zero-order valence-corrected chi connectivity index (χ0v) is 16.6. The average molecular weight is 416 g/mol. The first-order chi connectivity index (χ1) is 14.0. The number of hydrogen-bond acceptors (Lipinski definition) is 8. The SMILES string of the molecule is CC(C)(C)OC(=O)CN(/N=C/c1ccc([N+](=O)[O-])cc1)C(=O)CN1C(=O)C=CC1=O. The number of hydrazone groups is 1. The van der Waals surface area contributed by atoms with Gasteiger partial charge in [-0.2, -0.15) is 5.10 Å². The fourth-order valence-corrected chi connectivity index (χ4v) is 2.31. The van der Waals surface area contributed by atoms with Crippen molar-refractivity contribution in [2.24, 2.45) is 5.10 Å². The summed E-state index contributed by atoms with van der Waals surface area (Å²) in [7, 11) is 0. The summed E-state index contributed by atoms with van der Waals surface area (Å²) < 4.78 is 5.18. The van der Waals surface area contributed by atoms with Crippen LogP contribution in [-0.2, 0) is 23.9 Å². The second-order valence-electron chi connectivity index (χ2n) is 7.23. The van der Waals surface area contributed by atoms with Gasteiger partial charge in [0.1, 0.15) is 18.7 Å². The number of nitro benzene ring substituents is 1. The van der Waals surface area contributed by atoms with Crippen molar-refractivity contribution in [1.29, 1.82) is 0 Å². The first-order valence-corrected chi connectivity index (χ1v) is 8.80. The molecule has 0 saturated heterocycles. The summed E-state index contributed by atoms with van der Waals surface area (Å²) in [5.74, 6) is -2.83. The van der Waals surface area contributed by atoms with E-state index in [0.717, 1.165) is 17.2 Å². The standard InChI is InChI=1S/C19H20N4O7/c1-19(2,3)30-18(27)12-22(17(26)11-21-15(24)8-9-16(21)25)20-10-13-4-6-14(7-5-13)23(28)29/h4-10H,11-12H2,1-3H3/b20-10+. The van der Waals surface area contributed by atoms with Crippen molar-refractivity contribution >= 4 is 35.6 Å². The first-order valence-electron chi connectivity index (χ1n) is 8.80. The maximum atomic E-state index is 12.6. The second-order valence-corrected chi connectivity index (χ2v) is 7.23. The van der Waals surface area contributed by atoms with Crippen LogP contribution in [0.4, 0.5) is 5.69 Å². The van der Waals surface area contributed by atoms with Crippen LogP contribution >= 0.6 is 0 Å². The maximum absolute atomic E-state index is 12.6. The predicted molar refractivity (Wildman–Crippen MR) is 104 cm³/mol. The molecule has 0 fully saturated rings. The lowest BCUT2D eigenvalue weighted by Gasteiger charge is -2.23. The van der Waals surface area contributed by atoms with E-state index in [2.05, 4.69) is 5.10 Å². The average Bonchev–Trinajstić information content (AvgIpc) is 2.95. The van der Waals surface area contributed by atoms with Gasteiger partial charge in [0.25, 0.3) is 23.4 Å². The number of rotatable bonds is 7. The Bertz CT molecular complexity index is 911. The fourth-order valence-electron chi connectivity index (χ4n) is 2.31. The monoisotopic (exact) mass is 416 g/mol. The van der Waals surface area contributed by atoms with Gasteiger partial charge >= 0.3 is 5.97 Å². The third-order valence-corrected chi connectivity index (χ3v) is 3.63. The number of benzene rings is 1. The molecular formula is C19H20N4O7. The van der Waals surface area contributed by atoms with E-state index in [0.29, 0.717) is 10.5 Å². The second kappa shape index (κ2) is 9.07. The van der Waals surface area contributed by atoms with Gasteiger partial charge in [-0.1, -0.05) is 0 Å². The van der Waals surface area contributed by atoms with Crippen LogP contribution in [0.2, 0.25) is 0 Å². The lowest BCUT2D eigenvalue weighted by atomic mass is 10.2. The van der Waals surface area contributed by atoms with Gasteiger partial charge in [0, 0.05) is 24.3 Å². The minimum absolute atomic E-state index is 0.118. The Labute approximate surface area is 171 Å². The Morgan fingerprint density at radius 3 is 2.23 bits per heavy atom. The molecule has 11 nitrogen and oxygen atoms in total. The molecule has 11 heteroatoms. The number of nitrogens with zero attached hydrogens (tertiary/aromatic N) is 4. The van der Waals surface area contributed by atoms with Crippen LogP contribution < -0.4 is 0 Å². The number of amides is 3. The van der Waals surface area contributed by atoms with E-state index >= 15 is 0 Å². The van der Waals surface area contributed by atoms with Crippen molar-refractivity contribution in [3.8, 4) is 0 Å². The molecule has 1 aromatic rings. The van der Waals surface area contributed by atoms with Gasteiger partial charge in [0.05, 0.1) is 11.1 Å². The van der Waals surface area contributed by atoms with Crippen molar-refractivity contribution < 1.29 is 28.8 Å². The first kappa shape index (κ1) is 22.4. The fraction of sp³-hybridized carbons (Fsp3) is 0.316. The summed E-state index contributed by atoms with van der Waals surface area (Å²) in [6.07, 6.45) is 3.29. The lowest BCUT2D eigenvalue weighted by Crippen LogP contribution is -2.43. The molecule has 0 atom stereocenters. The number of ether oxygens (including phenoxy) is 1. The van der Waals surface area contributed by atoms with Crippen molar-refractivity contribution in [2.75, 3.05) is 13.1 Å². The normalized spacial score (nSPS) is 13.8. The molecule has 1 aromatic carbocycles. The van der Waals surface area contributed by atoms with Gasteiger partial charge in [-0.3, -0.25) is 34.2 Å². The summed E-state index contributed by atoms with van der Waals surface area (Å²) in [6, 6.07) is 5.34. The van der Waals surface area contributed by atoms with Crippen LogP contribution in [0.5, 0.6) is 0 Å². The molecule has 0 N–H and O–H groups in total. The van der Waals surface area contributed by atoms with E-state index in [-0.39, 0.29) is 5.69 Å². The molecule has 0 radical (unpaired) electrons. The summed E-state index contributed by atoms with van der Waals surface area (Å²) in [5, 5.41) is 15.4. The van der Waals surface area contributed by atoms with Crippen LogP contribution in [-0.4, -0.2) is 63.4 Å². The molecule has 158 valence electrons. The number of esters is 1. The molecule has 30 heavy (non-hydrogen) atoms.